The van der Waals surface area contributed by atoms with Gasteiger partial charge in [-0.25, -0.2) is 0 Å². The molecular formula is C19H22N2O3. The molecule has 1 N–H and O–H groups in total. The van der Waals surface area contributed by atoms with Crippen LogP contribution in [0.5, 0.6) is 0 Å². The highest BCUT2D eigenvalue weighted by atomic mass is 16.6. The van der Waals surface area contributed by atoms with Crippen molar-refractivity contribution < 1.29 is 9.72 Å². The summed E-state index contributed by atoms with van der Waals surface area (Å²) in [6, 6.07) is 11.8. The minimum Gasteiger partial charge on any atom is -0.322 e. The average molecular weight is 326 g/mol. The van der Waals surface area contributed by atoms with Gasteiger partial charge in [-0.15, -0.1) is 0 Å². The molecule has 0 radical (unpaired) electrons. The van der Waals surface area contributed by atoms with Gasteiger partial charge in [-0.2, -0.15) is 0 Å². The second-order valence-electron chi connectivity index (χ2n) is 6.38. The quantitative estimate of drug-likeness (QED) is 0.614. The molecule has 0 aliphatic heterocycles. The van der Waals surface area contributed by atoms with Gasteiger partial charge in [-0.3, -0.25) is 14.9 Å². The first-order valence-electron chi connectivity index (χ1n) is 8.00. The van der Waals surface area contributed by atoms with Crippen molar-refractivity contribution in [1.29, 1.82) is 0 Å². The fourth-order valence-corrected chi connectivity index (χ4v) is 2.67. The standard InChI is InChI=1S/C19H22N2O3/c1-12(2)16-6-5-7-17(13(3)4)18(16)19(22)20-14-8-10-15(11-9-14)21(23)24/h5-13H,1-4H3,(H,20,22). The highest BCUT2D eigenvalue weighted by molar-refractivity contribution is 6.06. The van der Waals surface area contributed by atoms with E-state index in [2.05, 4.69) is 33.0 Å². The van der Waals surface area contributed by atoms with Gasteiger partial charge in [-0.05, 0) is 35.1 Å². The van der Waals surface area contributed by atoms with Crippen molar-refractivity contribution in [3.05, 3.63) is 69.3 Å². The maximum atomic E-state index is 12.8. The number of non-ortho nitro benzene ring substituents is 1. The molecule has 2 rings (SSSR count). The lowest BCUT2D eigenvalue weighted by Crippen LogP contribution is -2.18. The van der Waals surface area contributed by atoms with E-state index < -0.39 is 4.92 Å². The summed E-state index contributed by atoms with van der Waals surface area (Å²) >= 11 is 0. The number of carbonyl (C=O) groups excluding carboxylic acids is 1. The number of nitro benzene ring substituents is 1. The molecule has 0 aliphatic carbocycles. The molecule has 0 saturated heterocycles. The predicted octanol–water partition coefficient (Wildman–Crippen LogP) is 5.09. The van der Waals surface area contributed by atoms with Gasteiger partial charge in [0.05, 0.1) is 4.92 Å². The summed E-state index contributed by atoms with van der Waals surface area (Å²) in [4.78, 5) is 23.1. The van der Waals surface area contributed by atoms with Crippen LogP contribution in [0, 0.1) is 10.1 Å². The van der Waals surface area contributed by atoms with E-state index in [1.807, 2.05) is 18.2 Å². The molecule has 2 aromatic carbocycles. The number of nitrogens with zero attached hydrogens (tertiary/aromatic N) is 1. The molecule has 5 heteroatoms. The summed E-state index contributed by atoms with van der Waals surface area (Å²) < 4.78 is 0. The van der Waals surface area contributed by atoms with Crippen LogP contribution in [0.2, 0.25) is 0 Å². The number of nitrogens with one attached hydrogen (secondary N) is 1. The first-order chi connectivity index (χ1) is 11.3. The van der Waals surface area contributed by atoms with E-state index in [0.717, 1.165) is 11.1 Å². The van der Waals surface area contributed by atoms with Gasteiger partial charge in [0, 0.05) is 23.4 Å². The molecular weight excluding hydrogens is 304 g/mol. The molecule has 0 aliphatic rings. The lowest BCUT2D eigenvalue weighted by atomic mass is 9.88. The monoisotopic (exact) mass is 326 g/mol. The van der Waals surface area contributed by atoms with Crippen LogP contribution < -0.4 is 5.32 Å². The summed E-state index contributed by atoms with van der Waals surface area (Å²) in [5, 5.41) is 13.6. The maximum absolute atomic E-state index is 12.8. The summed E-state index contributed by atoms with van der Waals surface area (Å²) in [5.41, 5.74) is 3.24. The lowest BCUT2D eigenvalue weighted by molar-refractivity contribution is -0.384. The average Bonchev–Trinajstić information content (AvgIpc) is 2.54. The Morgan fingerprint density at radius 2 is 1.46 bits per heavy atom. The smallest absolute Gasteiger partial charge is 0.269 e. The molecule has 126 valence electrons. The number of hydrogen-bond donors (Lipinski definition) is 1. The second kappa shape index (κ2) is 7.25. The zero-order valence-corrected chi connectivity index (χ0v) is 14.4. The minimum absolute atomic E-state index is 0.00144. The zero-order chi connectivity index (χ0) is 17.9. The van der Waals surface area contributed by atoms with Crippen molar-refractivity contribution in [2.24, 2.45) is 0 Å². The van der Waals surface area contributed by atoms with Crippen molar-refractivity contribution in [2.45, 2.75) is 39.5 Å². The number of amides is 1. The van der Waals surface area contributed by atoms with Crippen molar-refractivity contribution in [2.75, 3.05) is 5.32 Å². The zero-order valence-electron chi connectivity index (χ0n) is 14.4. The molecule has 5 nitrogen and oxygen atoms in total. The van der Waals surface area contributed by atoms with E-state index in [1.54, 1.807) is 12.1 Å². The number of benzene rings is 2. The first-order valence-corrected chi connectivity index (χ1v) is 8.00. The van der Waals surface area contributed by atoms with Gasteiger partial charge >= 0.3 is 0 Å². The molecule has 24 heavy (non-hydrogen) atoms. The Kier molecular flexibility index (Phi) is 5.34. The van der Waals surface area contributed by atoms with Crippen LogP contribution in [0.3, 0.4) is 0 Å². The SMILES string of the molecule is CC(C)c1cccc(C(C)C)c1C(=O)Nc1ccc([N+](=O)[O-])cc1. The van der Waals surface area contributed by atoms with Crippen molar-refractivity contribution in [1.82, 2.24) is 0 Å². The Bertz CT molecular complexity index is 723. The summed E-state index contributed by atoms with van der Waals surface area (Å²) in [5.74, 6) is 0.263. The van der Waals surface area contributed by atoms with Crippen molar-refractivity contribution in [3.63, 3.8) is 0 Å². The van der Waals surface area contributed by atoms with Gasteiger partial charge in [0.15, 0.2) is 0 Å². The Balaban J connectivity index is 2.36. The fourth-order valence-electron chi connectivity index (χ4n) is 2.67. The van der Waals surface area contributed by atoms with Gasteiger partial charge in [-0.1, -0.05) is 45.9 Å². The van der Waals surface area contributed by atoms with Gasteiger partial charge < -0.3 is 5.32 Å². The highest BCUT2D eigenvalue weighted by Crippen LogP contribution is 2.28. The second-order valence-corrected chi connectivity index (χ2v) is 6.38. The van der Waals surface area contributed by atoms with E-state index in [-0.39, 0.29) is 23.4 Å². The van der Waals surface area contributed by atoms with Crippen LogP contribution >= 0.6 is 0 Å². The minimum atomic E-state index is -0.462. The van der Waals surface area contributed by atoms with Crippen LogP contribution in [-0.4, -0.2) is 10.8 Å². The molecule has 0 saturated carbocycles. The molecule has 0 aromatic heterocycles. The van der Waals surface area contributed by atoms with Crippen LogP contribution in [0.15, 0.2) is 42.5 Å². The fraction of sp³-hybridized carbons (Fsp3) is 0.316. The van der Waals surface area contributed by atoms with Crippen molar-refractivity contribution in [3.8, 4) is 0 Å². The summed E-state index contributed by atoms with van der Waals surface area (Å²) in [7, 11) is 0. The van der Waals surface area contributed by atoms with Crippen LogP contribution in [0.25, 0.3) is 0 Å². The summed E-state index contributed by atoms with van der Waals surface area (Å²) in [6.07, 6.45) is 0. The molecule has 0 spiro atoms. The third-order valence-corrected chi connectivity index (χ3v) is 3.94. The normalized spacial score (nSPS) is 10.9. The van der Waals surface area contributed by atoms with E-state index >= 15 is 0 Å². The summed E-state index contributed by atoms with van der Waals surface area (Å²) in [6.45, 7) is 8.23. The molecule has 0 atom stereocenters. The predicted molar refractivity (Wildman–Crippen MR) is 95.7 cm³/mol. The van der Waals surface area contributed by atoms with Crippen molar-refractivity contribution >= 4 is 17.3 Å². The van der Waals surface area contributed by atoms with Crippen LogP contribution in [0.4, 0.5) is 11.4 Å². The van der Waals surface area contributed by atoms with Gasteiger partial charge in [0.25, 0.3) is 11.6 Å². The Morgan fingerprint density at radius 3 is 1.88 bits per heavy atom. The van der Waals surface area contributed by atoms with E-state index in [4.69, 9.17) is 0 Å². The third kappa shape index (κ3) is 3.79. The highest BCUT2D eigenvalue weighted by Gasteiger charge is 2.20. The number of nitro groups is 1. The lowest BCUT2D eigenvalue weighted by Gasteiger charge is -2.19. The molecule has 0 heterocycles. The van der Waals surface area contributed by atoms with E-state index in [9.17, 15) is 14.9 Å². The molecule has 0 bridgehead atoms. The number of hydrogen-bond acceptors (Lipinski definition) is 3. The first kappa shape index (κ1) is 17.7. The van der Waals surface area contributed by atoms with Gasteiger partial charge in [0.2, 0.25) is 0 Å². The van der Waals surface area contributed by atoms with Gasteiger partial charge in [0.1, 0.15) is 0 Å². The maximum Gasteiger partial charge on any atom is 0.269 e. The van der Waals surface area contributed by atoms with Crippen LogP contribution in [0.1, 0.15) is 61.0 Å². The molecule has 0 fully saturated rings. The van der Waals surface area contributed by atoms with Crippen LogP contribution in [-0.2, 0) is 0 Å². The largest absolute Gasteiger partial charge is 0.322 e. The Hall–Kier alpha value is -2.69. The van der Waals surface area contributed by atoms with E-state index in [0.29, 0.717) is 11.3 Å². The van der Waals surface area contributed by atoms with E-state index in [1.165, 1.54) is 12.1 Å². The number of carbonyl (C=O) groups is 1. The Morgan fingerprint density at radius 1 is 0.958 bits per heavy atom. The number of anilines is 1. The molecule has 0 unspecified atom stereocenters. The molecule has 1 amide bonds. The molecule has 2 aromatic rings. The Labute approximate surface area is 141 Å². The third-order valence-electron chi connectivity index (χ3n) is 3.94. The topological polar surface area (TPSA) is 72.2 Å². The number of rotatable bonds is 5.